The number of anilines is 1. The molecule has 2 aromatic rings. The maximum Gasteiger partial charge on any atom is 0.389 e. The molecule has 0 aliphatic rings. The molecule has 21 heavy (non-hydrogen) atoms. The number of carbonyl (C=O) groups is 1. The van der Waals surface area contributed by atoms with Crippen LogP contribution in [0, 0.1) is 0 Å². The smallest absolute Gasteiger partial charge is 0.389 e. The first-order chi connectivity index (χ1) is 9.85. The van der Waals surface area contributed by atoms with Crippen molar-refractivity contribution in [2.45, 2.75) is 19.0 Å². The van der Waals surface area contributed by atoms with Crippen LogP contribution in [0.25, 0.3) is 10.1 Å². The predicted octanol–water partition coefficient (Wildman–Crippen LogP) is 3.38. The van der Waals surface area contributed by atoms with Crippen LogP contribution in [0.15, 0.2) is 23.6 Å². The number of halogens is 3. The molecule has 0 unspecified atom stereocenters. The molecule has 0 spiro atoms. The number of nitrogens with one attached hydrogen (secondary N) is 1. The van der Waals surface area contributed by atoms with E-state index in [2.05, 4.69) is 5.32 Å². The van der Waals surface area contributed by atoms with Crippen molar-refractivity contribution in [1.29, 1.82) is 0 Å². The third-order valence-corrected chi connectivity index (χ3v) is 3.60. The van der Waals surface area contributed by atoms with E-state index in [-0.39, 0.29) is 13.0 Å². The monoisotopic (exact) mass is 318 g/mol. The van der Waals surface area contributed by atoms with Gasteiger partial charge in [-0.15, -0.1) is 11.3 Å². The number of carboxylic acid groups (broad SMARTS) is 1. The van der Waals surface area contributed by atoms with Gasteiger partial charge in [0.2, 0.25) is 0 Å². The Morgan fingerprint density at radius 3 is 2.81 bits per heavy atom. The molecular weight excluding hydrogens is 307 g/mol. The molecule has 0 bridgehead atoms. The molecule has 8 heteroatoms. The van der Waals surface area contributed by atoms with Crippen LogP contribution in [0.4, 0.5) is 23.7 Å². The van der Waals surface area contributed by atoms with E-state index in [0.29, 0.717) is 16.8 Å². The normalized spacial score (nSPS) is 11.6. The van der Waals surface area contributed by atoms with Gasteiger partial charge in [-0.05, 0) is 24.6 Å². The van der Waals surface area contributed by atoms with Gasteiger partial charge in [0.05, 0.1) is 12.3 Å². The number of alkyl halides is 3. The standard InChI is InChI=1S/C13H12F3NO3S/c14-13(15,16)4-1-5-20-8-2-3-9-10(17-12(18)19)7-21-11(9)6-8/h2-3,6-7,17H,1,4-5H2,(H,18,19)/p-1. The van der Waals surface area contributed by atoms with Gasteiger partial charge in [-0.1, -0.05) is 0 Å². The summed E-state index contributed by atoms with van der Waals surface area (Å²) in [5.74, 6) is 0.450. The average molecular weight is 318 g/mol. The number of ether oxygens (including phenoxy) is 1. The fourth-order valence-corrected chi connectivity index (χ4v) is 2.69. The molecule has 1 aromatic carbocycles. The van der Waals surface area contributed by atoms with Gasteiger partial charge in [0.1, 0.15) is 11.8 Å². The van der Waals surface area contributed by atoms with Crippen LogP contribution in [0.5, 0.6) is 5.75 Å². The first kappa shape index (κ1) is 15.4. The summed E-state index contributed by atoms with van der Waals surface area (Å²) in [5, 5.41) is 15.0. The van der Waals surface area contributed by atoms with Crippen molar-refractivity contribution in [3.63, 3.8) is 0 Å². The highest BCUT2D eigenvalue weighted by atomic mass is 32.1. The largest absolute Gasteiger partial charge is 0.530 e. The molecule has 2 rings (SSSR count). The number of carbonyl (C=O) groups excluding carboxylic acids is 1. The van der Waals surface area contributed by atoms with E-state index in [1.165, 1.54) is 11.3 Å². The van der Waals surface area contributed by atoms with Gasteiger partial charge in [0, 0.05) is 21.9 Å². The molecule has 0 atom stereocenters. The van der Waals surface area contributed by atoms with E-state index >= 15 is 0 Å². The summed E-state index contributed by atoms with van der Waals surface area (Å²) in [5.41, 5.74) is 0.415. The van der Waals surface area contributed by atoms with Crippen LogP contribution in [0.2, 0.25) is 0 Å². The highest BCUT2D eigenvalue weighted by Gasteiger charge is 2.26. The Kier molecular flexibility index (Phi) is 4.56. The van der Waals surface area contributed by atoms with Gasteiger partial charge in [0.25, 0.3) is 0 Å². The van der Waals surface area contributed by atoms with Crippen LogP contribution in [-0.2, 0) is 0 Å². The highest BCUT2D eigenvalue weighted by molar-refractivity contribution is 7.17. The van der Waals surface area contributed by atoms with E-state index in [1.807, 2.05) is 0 Å². The van der Waals surface area contributed by atoms with Gasteiger partial charge in [0.15, 0.2) is 0 Å². The zero-order valence-electron chi connectivity index (χ0n) is 10.7. The molecule has 1 aromatic heterocycles. The molecule has 114 valence electrons. The molecule has 0 saturated carbocycles. The minimum Gasteiger partial charge on any atom is -0.530 e. The van der Waals surface area contributed by atoms with Gasteiger partial charge < -0.3 is 20.0 Å². The molecule has 0 radical (unpaired) electrons. The lowest BCUT2D eigenvalue weighted by Crippen LogP contribution is -2.28. The Bertz CT molecular complexity index is 639. The van der Waals surface area contributed by atoms with Crippen molar-refractivity contribution in [2.75, 3.05) is 11.9 Å². The van der Waals surface area contributed by atoms with Crippen molar-refractivity contribution in [3.05, 3.63) is 23.6 Å². The molecule has 1 N–H and O–H groups in total. The molecule has 0 aliphatic carbocycles. The Balaban J connectivity index is 1.98. The Labute approximate surface area is 122 Å². The summed E-state index contributed by atoms with van der Waals surface area (Å²) in [6.45, 7) is -0.0272. The Morgan fingerprint density at radius 1 is 1.38 bits per heavy atom. The Hall–Kier alpha value is -1.96. The molecule has 1 heterocycles. The van der Waals surface area contributed by atoms with Crippen LogP contribution in [-0.4, -0.2) is 18.9 Å². The summed E-state index contributed by atoms with van der Waals surface area (Å²) < 4.78 is 42.0. The third kappa shape index (κ3) is 4.52. The maximum atomic E-state index is 12.0. The van der Waals surface area contributed by atoms with Gasteiger partial charge in [-0.2, -0.15) is 13.2 Å². The zero-order valence-corrected chi connectivity index (χ0v) is 11.5. The lowest BCUT2D eigenvalue weighted by Gasteiger charge is -2.09. The van der Waals surface area contributed by atoms with E-state index in [9.17, 15) is 23.1 Å². The van der Waals surface area contributed by atoms with Crippen molar-refractivity contribution >= 4 is 33.2 Å². The van der Waals surface area contributed by atoms with Crippen molar-refractivity contribution in [1.82, 2.24) is 0 Å². The van der Waals surface area contributed by atoms with Crippen LogP contribution in [0.1, 0.15) is 12.8 Å². The molecular formula is C13H11F3NO3S-. The Morgan fingerprint density at radius 2 is 2.14 bits per heavy atom. The number of amides is 1. The molecule has 0 aliphatic heterocycles. The minimum absolute atomic E-state index is 0.0272. The summed E-state index contributed by atoms with van der Waals surface area (Å²) in [6, 6.07) is 4.90. The fourth-order valence-electron chi connectivity index (χ4n) is 1.77. The van der Waals surface area contributed by atoms with E-state index < -0.39 is 18.7 Å². The first-order valence-corrected chi connectivity index (χ1v) is 6.92. The fraction of sp³-hybridized carbons (Fsp3) is 0.308. The van der Waals surface area contributed by atoms with Crippen LogP contribution >= 0.6 is 11.3 Å². The lowest BCUT2D eigenvalue weighted by atomic mass is 10.2. The predicted molar refractivity (Wildman–Crippen MR) is 71.6 cm³/mol. The van der Waals surface area contributed by atoms with Gasteiger partial charge in [-0.3, -0.25) is 0 Å². The van der Waals surface area contributed by atoms with Crippen molar-refractivity contribution < 1.29 is 27.8 Å². The van der Waals surface area contributed by atoms with E-state index in [4.69, 9.17) is 4.74 Å². The summed E-state index contributed by atoms with van der Waals surface area (Å²) in [6.07, 6.45) is -6.56. The maximum absolute atomic E-state index is 12.0. The number of hydrogen-bond acceptors (Lipinski definition) is 4. The van der Waals surface area contributed by atoms with Crippen LogP contribution < -0.4 is 15.2 Å². The van der Waals surface area contributed by atoms with Crippen molar-refractivity contribution in [2.24, 2.45) is 0 Å². The van der Waals surface area contributed by atoms with E-state index in [1.54, 1.807) is 23.6 Å². The molecule has 1 amide bonds. The first-order valence-electron chi connectivity index (χ1n) is 6.04. The second-order valence-electron chi connectivity index (χ2n) is 4.29. The molecule has 0 fully saturated rings. The number of rotatable bonds is 5. The number of benzene rings is 1. The summed E-state index contributed by atoms with van der Waals surface area (Å²) in [4.78, 5) is 10.5. The second kappa shape index (κ2) is 6.21. The molecule has 0 saturated heterocycles. The number of hydrogen-bond donors (Lipinski definition) is 1. The lowest BCUT2D eigenvalue weighted by molar-refractivity contribution is -0.242. The van der Waals surface area contributed by atoms with Crippen LogP contribution in [0.3, 0.4) is 0 Å². The quantitative estimate of drug-likeness (QED) is 0.860. The summed E-state index contributed by atoms with van der Waals surface area (Å²) in [7, 11) is 0. The number of thiophene rings is 1. The summed E-state index contributed by atoms with van der Waals surface area (Å²) >= 11 is 1.30. The number of fused-ring (bicyclic) bond motifs is 1. The average Bonchev–Trinajstić information content (AvgIpc) is 2.75. The van der Waals surface area contributed by atoms with Crippen molar-refractivity contribution in [3.8, 4) is 5.75 Å². The zero-order chi connectivity index (χ0) is 15.5. The minimum atomic E-state index is -4.17. The SMILES string of the molecule is O=C([O-])Nc1csc2cc(OCCCC(F)(F)F)ccc12. The highest BCUT2D eigenvalue weighted by Crippen LogP contribution is 2.33. The van der Waals surface area contributed by atoms with Gasteiger partial charge >= 0.3 is 6.18 Å². The topological polar surface area (TPSA) is 61.4 Å². The molecule has 4 nitrogen and oxygen atoms in total. The second-order valence-corrected chi connectivity index (χ2v) is 5.20. The van der Waals surface area contributed by atoms with Gasteiger partial charge in [-0.25, -0.2) is 0 Å². The third-order valence-electron chi connectivity index (χ3n) is 2.66. The van der Waals surface area contributed by atoms with E-state index in [0.717, 1.165) is 4.70 Å².